The van der Waals surface area contributed by atoms with E-state index in [-0.39, 0.29) is 184 Å². The fourth-order valence-electron chi connectivity index (χ4n) is 16.3. The van der Waals surface area contributed by atoms with Crippen LogP contribution in [0, 0.1) is 0 Å². The van der Waals surface area contributed by atoms with Crippen LogP contribution in [0.2, 0.25) is 0 Å². The van der Waals surface area contributed by atoms with Crippen LogP contribution in [0.15, 0.2) is 0 Å². The molecule has 0 saturated carbocycles. The molecule has 11 aliphatic heterocycles. The quantitative estimate of drug-likeness (QED) is 0.270. The van der Waals surface area contributed by atoms with Gasteiger partial charge in [-0.25, -0.2) is 0 Å². The molecular formula is C81H151B14N11O11. The first-order valence-corrected chi connectivity index (χ1v) is 39.6. The molecule has 0 N–H and O–H groups in total. The zero-order valence-corrected chi connectivity index (χ0v) is 77.5. The summed E-state index contributed by atoms with van der Waals surface area (Å²) in [6.45, 7) is 30.4. The third-order valence-corrected chi connectivity index (χ3v) is 22.9. The van der Waals surface area contributed by atoms with Crippen molar-refractivity contribution in [1.82, 2.24) is 53.9 Å². The van der Waals surface area contributed by atoms with Gasteiger partial charge in [0.2, 0.25) is 0 Å². The van der Waals surface area contributed by atoms with Gasteiger partial charge in [0.25, 0.3) is 0 Å². The van der Waals surface area contributed by atoms with Crippen molar-refractivity contribution < 1.29 is 52.7 Å². The molecule has 0 aromatic heterocycles. The highest BCUT2D eigenvalue weighted by Gasteiger charge is 2.31. The molecule has 11 unspecified atom stereocenters. The predicted molar refractivity (Wildman–Crippen MR) is 499 cm³/mol. The van der Waals surface area contributed by atoms with Crippen LogP contribution < -0.4 is 0 Å². The molecule has 0 bridgehead atoms. The van der Waals surface area contributed by atoms with Crippen LogP contribution in [0.4, 0.5) is 0 Å². The van der Waals surface area contributed by atoms with Crippen molar-refractivity contribution in [3.05, 3.63) is 0 Å². The molecule has 11 fully saturated rings. The van der Waals surface area contributed by atoms with E-state index >= 15 is 0 Å². The Labute approximate surface area is 743 Å². The maximum Gasteiger partial charge on any atom is 0.146 e. The van der Waals surface area contributed by atoms with Crippen LogP contribution in [-0.4, -0.2) is 451 Å². The second kappa shape index (κ2) is 80.0. The zero-order valence-electron chi connectivity index (χ0n) is 77.5. The summed E-state index contributed by atoms with van der Waals surface area (Å²) >= 11 is 0. The van der Waals surface area contributed by atoms with E-state index in [2.05, 4.69) is 53.9 Å². The Balaban J connectivity index is -0.0000000822. The Morgan fingerprint density at radius 2 is 0.205 bits per heavy atom. The summed E-state index contributed by atoms with van der Waals surface area (Å²) in [5, 5.41) is 0. The molecule has 0 aromatic rings. The summed E-state index contributed by atoms with van der Waals surface area (Å²) in [7, 11) is 22.2. The van der Waals surface area contributed by atoms with Gasteiger partial charge in [-0.1, -0.05) is 25.7 Å². The predicted octanol–water partition coefficient (Wildman–Crippen LogP) is 3.59. The molecule has 117 heavy (non-hydrogen) atoms. The Morgan fingerprint density at radius 1 is 0.137 bits per heavy atom. The Hall–Kier alpha value is -3.16. The lowest BCUT2D eigenvalue weighted by Gasteiger charge is -2.30. The number of carbonyl (C=O) groups excluding carboxylic acids is 11. The Morgan fingerprint density at radius 3 is 0.248 bits per heavy atom. The van der Waals surface area contributed by atoms with Crippen LogP contribution in [0.5, 0.6) is 0 Å². The SMILES string of the molecule is CC(=O)C1CCCCN1C.CC(=O)C1CCCCN1C.CC(=O)C1CCCCN1C.CC(=O)C1CCCCN1C.CC(=O)C1CCCN1C.CC(=O)C1CCCN1C.CC(=O)C1CCCN1C.CC(=O)C1CCCN1C.CC(=O)C1CCCN1C.CC(=O)C1CCCN1C.CC(=O)C1CCCN1C.[B].[B].[B].[B].[B].[B].[B].[B].[B].[B].[B].[B].[B].[B]. The first-order chi connectivity index (χ1) is 48.4. The minimum absolute atomic E-state index is 0. The van der Waals surface area contributed by atoms with Crippen LogP contribution in [-0.2, 0) is 52.7 Å². The van der Waals surface area contributed by atoms with Gasteiger partial charge >= 0.3 is 0 Å². The molecular weight excluding hydrogens is 1450 g/mol. The number of nitrogens with zero attached hydrogens (tertiary/aromatic N) is 11. The highest BCUT2D eigenvalue weighted by Crippen LogP contribution is 2.22. The minimum atomic E-state index is 0. The van der Waals surface area contributed by atoms with Crippen LogP contribution >= 0.6 is 0 Å². The number of likely N-dealkylation sites (N-methyl/N-ethyl adjacent to an activating group) is 11. The number of ketones is 11. The number of hydrogen-bond acceptors (Lipinski definition) is 22. The Bertz CT molecular complexity index is 2200. The highest BCUT2D eigenvalue weighted by molar-refractivity contribution is 5.86. The number of Topliss-reactive ketones (excluding diaryl/α,β-unsaturated/α-hetero) is 11. The molecule has 42 radical (unpaired) electrons. The summed E-state index contributed by atoms with van der Waals surface area (Å²) < 4.78 is 0. The number of piperidine rings is 4. The number of carbonyl (C=O) groups is 11. The van der Waals surface area contributed by atoms with E-state index in [1.807, 2.05) is 77.5 Å². The number of hydrogen-bond donors (Lipinski definition) is 0. The van der Waals surface area contributed by atoms with E-state index in [1.54, 1.807) is 76.2 Å². The lowest BCUT2D eigenvalue weighted by atomic mass is 10.0. The normalized spacial score (nSPS) is 25.3. The molecule has 11 aliphatic rings. The molecule has 11 atom stereocenters. The van der Waals surface area contributed by atoms with E-state index in [1.165, 1.54) is 96.3 Å². The van der Waals surface area contributed by atoms with Gasteiger partial charge in [0.05, 0.1) is 66.5 Å². The first kappa shape index (κ1) is 145. The molecule has 0 amide bonds. The molecule has 36 heteroatoms. The standard InChI is InChI=1S/4C8H15NO.7C7H13NO.14B/c4*1-7(10)8-5-3-4-6-9(8)2;7*1-6(9)7-4-3-5-8(7)2;;;;;;;;;;;;;;/h4*8H,3-6H2,1-2H3;7*7H,3-5H2,1-2H3;;;;;;;;;;;;;;. The second-order valence-corrected chi connectivity index (χ2v) is 31.7. The van der Waals surface area contributed by atoms with E-state index in [4.69, 9.17) is 0 Å². The molecule has 11 heterocycles. The largest absolute Gasteiger partial charge is 0.298 e. The van der Waals surface area contributed by atoms with Gasteiger partial charge in [0.15, 0.2) is 0 Å². The third kappa shape index (κ3) is 57.8. The molecule has 22 nitrogen and oxygen atoms in total. The fraction of sp³-hybridized carbons (Fsp3) is 0.864. The molecule has 638 valence electrons. The molecule has 11 rings (SSSR count). The van der Waals surface area contributed by atoms with Crippen LogP contribution in [0.25, 0.3) is 0 Å². The van der Waals surface area contributed by atoms with Crippen LogP contribution in [0.1, 0.15) is 243 Å². The van der Waals surface area contributed by atoms with E-state index in [0.29, 0.717) is 63.6 Å². The van der Waals surface area contributed by atoms with E-state index in [0.717, 1.165) is 143 Å². The van der Waals surface area contributed by atoms with Gasteiger partial charge in [-0.3, -0.25) is 107 Å². The van der Waals surface area contributed by atoms with Gasteiger partial charge in [0.1, 0.15) is 63.6 Å². The monoisotopic (exact) mass is 1610 g/mol. The molecule has 0 aliphatic carbocycles. The average Bonchev–Trinajstić information content (AvgIpc) is 1.08. The highest BCUT2D eigenvalue weighted by atomic mass is 16.2. The lowest BCUT2D eigenvalue weighted by molar-refractivity contribution is -0.123. The smallest absolute Gasteiger partial charge is 0.146 e. The van der Waals surface area contributed by atoms with Crippen molar-refractivity contribution in [3.8, 4) is 0 Å². The lowest BCUT2D eigenvalue weighted by Crippen LogP contribution is -2.40. The Kier molecular flexibility index (Phi) is 99.4. The fourth-order valence-corrected chi connectivity index (χ4v) is 16.3. The van der Waals surface area contributed by atoms with Crippen molar-refractivity contribution in [1.29, 1.82) is 0 Å². The van der Waals surface area contributed by atoms with Crippen molar-refractivity contribution in [3.63, 3.8) is 0 Å². The third-order valence-electron chi connectivity index (χ3n) is 22.9. The van der Waals surface area contributed by atoms with Gasteiger partial charge in [-0.15, -0.1) is 0 Å². The summed E-state index contributed by atoms with van der Waals surface area (Å²) in [5.74, 6) is 3.49. The number of likely N-dealkylation sites (tertiary alicyclic amines) is 11. The zero-order chi connectivity index (χ0) is 78.2. The van der Waals surface area contributed by atoms with E-state index < -0.39 is 0 Å². The number of rotatable bonds is 11. The first-order valence-electron chi connectivity index (χ1n) is 39.6. The van der Waals surface area contributed by atoms with Crippen molar-refractivity contribution in [2.24, 2.45) is 0 Å². The van der Waals surface area contributed by atoms with Gasteiger partial charge in [0, 0.05) is 118 Å². The maximum absolute atomic E-state index is 11.0. The summed E-state index contributed by atoms with van der Waals surface area (Å²) in [5.41, 5.74) is 0. The molecule has 11 saturated heterocycles. The van der Waals surface area contributed by atoms with Gasteiger partial charge < -0.3 is 0 Å². The molecule has 0 spiro atoms. The van der Waals surface area contributed by atoms with Crippen molar-refractivity contribution in [2.75, 3.05) is 150 Å². The second-order valence-electron chi connectivity index (χ2n) is 31.7. The topological polar surface area (TPSA) is 223 Å². The maximum atomic E-state index is 11.0. The van der Waals surface area contributed by atoms with Crippen molar-refractivity contribution >= 4 is 181 Å². The molecule has 0 aromatic carbocycles. The summed E-state index contributed by atoms with van der Waals surface area (Å²) in [4.78, 5) is 143. The van der Waals surface area contributed by atoms with Gasteiger partial charge in [-0.2, -0.15) is 0 Å². The minimum Gasteiger partial charge on any atom is -0.298 e. The summed E-state index contributed by atoms with van der Waals surface area (Å²) in [6.07, 6.45) is 29.8. The van der Waals surface area contributed by atoms with E-state index in [9.17, 15) is 52.7 Å². The summed E-state index contributed by atoms with van der Waals surface area (Å²) in [6, 6.07) is 2.45. The van der Waals surface area contributed by atoms with Gasteiger partial charge in [-0.05, 0) is 367 Å². The van der Waals surface area contributed by atoms with Crippen LogP contribution in [0.3, 0.4) is 0 Å². The average molecular weight is 1610 g/mol. The van der Waals surface area contributed by atoms with Crippen molar-refractivity contribution in [2.45, 2.75) is 310 Å².